The molecular formula is C15H18N6O5. The summed E-state index contributed by atoms with van der Waals surface area (Å²) in [4.78, 5) is 41.0. The van der Waals surface area contributed by atoms with Gasteiger partial charge in [-0.15, -0.1) is 0 Å². The number of rotatable bonds is 8. The molecule has 138 valence electrons. The number of non-ortho nitro benzene ring substituents is 1. The smallest absolute Gasteiger partial charge is 0.269 e. The number of hydrogen-bond acceptors (Lipinski definition) is 7. The Hall–Kier alpha value is -3.31. The first-order valence-electron chi connectivity index (χ1n) is 7.60. The highest BCUT2D eigenvalue weighted by Crippen LogP contribution is 2.15. The minimum absolute atomic E-state index is 0.126. The molecule has 11 nitrogen and oxygen atoms in total. The van der Waals surface area contributed by atoms with Crippen LogP contribution in [0.15, 0.2) is 36.8 Å². The fourth-order valence-electron chi connectivity index (χ4n) is 2.09. The van der Waals surface area contributed by atoms with Gasteiger partial charge >= 0.3 is 0 Å². The van der Waals surface area contributed by atoms with E-state index in [9.17, 15) is 24.8 Å². The van der Waals surface area contributed by atoms with E-state index >= 15 is 0 Å². The molecule has 2 amide bonds. The van der Waals surface area contributed by atoms with E-state index in [4.69, 9.17) is 5.73 Å². The molecule has 0 saturated heterocycles. The van der Waals surface area contributed by atoms with Crippen LogP contribution in [0.2, 0.25) is 0 Å². The minimum Gasteiger partial charge on any atom is -0.394 e. The van der Waals surface area contributed by atoms with Crippen LogP contribution in [0.3, 0.4) is 0 Å². The maximum atomic E-state index is 12.2. The molecular weight excluding hydrogens is 344 g/mol. The van der Waals surface area contributed by atoms with Gasteiger partial charge in [0, 0.05) is 30.4 Å². The van der Waals surface area contributed by atoms with Crippen LogP contribution in [-0.4, -0.2) is 50.5 Å². The minimum atomic E-state index is -1.22. The van der Waals surface area contributed by atoms with Gasteiger partial charge in [0.2, 0.25) is 11.8 Å². The molecule has 6 N–H and O–H groups in total. The molecule has 26 heavy (non-hydrogen) atoms. The fourth-order valence-corrected chi connectivity index (χ4v) is 2.09. The van der Waals surface area contributed by atoms with Gasteiger partial charge in [-0.05, 0) is 12.1 Å². The molecule has 0 radical (unpaired) electrons. The van der Waals surface area contributed by atoms with Crippen molar-refractivity contribution in [3.05, 3.63) is 52.6 Å². The molecule has 1 aromatic carbocycles. The van der Waals surface area contributed by atoms with Gasteiger partial charge < -0.3 is 26.5 Å². The Bertz CT molecular complexity index is 761. The normalized spacial score (nSPS) is 12.8. The number of carbonyl (C=O) groups is 2. The van der Waals surface area contributed by atoms with Crippen molar-refractivity contribution in [3.63, 3.8) is 0 Å². The number of nitrogens with one attached hydrogen (secondary N) is 3. The van der Waals surface area contributed by atoms with E-state index in [1.165, 1.54) is 30.6 Å². The Kier molecular flexibility index (Phi) is 6.36. The molecule has 2 atom stereocenters. The number of H-pyrrole nitrogens is 1. The standard InChI is InChI=1S/C15H18N6O5/c16-12(5-10-6-17-8-18-10)14(23)20-13(7-22)15(24)19-9-1-3-11(4-2-9)21(25)26/h1-4,6,8,12-13,22H,5,7,16H2,(H,17,18)(H,19,24)(H,20,23)/t12-,13-/m0/s1. The first-order valence-corrected chi connectivity index (χ1v) is 7.60. The fraction of sp³-hybridized carbons (Fsp3) is 0.267. The van der Waals surface area contributed by atoms with Gasteiger partial charge in [-0.1, -0.05) is 0 Å². The van der Waals surface area contributed by atoms with Crippen molar-refractivity contribution in [2.45, 2.75) is 18.5 Å². The zero-order chi connectivity index (χ0) is 19.1. The number of nitrogens with zero attached hydrogens (tertiary/aromatic N) is 2. The van der Waals surface area contributed by atoms with Gasteiger partial charge in [0.15, 0.2) is 0 Å². The molecule has 0 aliphatic rings. The van der Waals surface area contributed by atoms with Crippen LogP contribution in [0.1, 0.15) is 5.69 Å². The third kappa shape index (κ3) is 5.09. The second kappa shape index (κ2) is 8.69. The summed E-state index contributed by atoms with van der Waals surface area (Å²) >= 11 is 0. The lowest BCUT2D eigenvalue weighted by Crippen LogP contribution is -2.52. The summed E-state index contributed by atoms with van der Waals surface area (Å²) in [6.45, 7) is -0.639. The number of benzene rings is 1. The van der Waals surface area contributed by atoms with Gasteiger partial charge in [-0.3, -0.25) is 19.7 Å². The van der Waals surface area contributed by atoms with Gasteiger partial charge in [0.25, 0.3) is 5.69 Å². The van der Waals surface area contributed by atoms with Crippen molar-refractivity contribution < 1.29 is 19.6 Å². The monoisotopic (exact) mass is 362 g/mol. The van der Waals surface area contributed by atoms with Gasteiger partial charge in [-0.25, -0.2) is 4.98 Å². The molecule has 2 aromatic rings. The Morgan fingerprint density at radius 1 is 1.31 bits per heavy atom. The number of nitro groups is 1. The number of hydrogen-bond donors (Lipinski definition) is 5. The number of aromatic amines is 1. The number of anilines is 1. The number of amides is 2. The van der Waals surface area contributed by atoms with Crippen LogP contribution in [0.25, 0.3) is 0 Å². The summed E-state index contributed by atoms with van der Waals surface area (Å²) in [6, 6.07) is 2.97. The van der Waals surface area contributed by atoms with Crippen LogP contribution >= 0.6 is 0 Å². The Balaban J connectivity index is 1.92. The SMILES string of the molecule is N[C@@H](Cc1c[nH]cn1)C(=O)N[C@@H](CO)C(=O)Nc1ccc([N+](=O)[O-])cc1. The maximum Gasteiger partial charge on any atom is 0.269 e. The van der Waals surface area contributed by atoms with Crippen molar-refractivity contribution in [3.8, 4) is 0 Å². The largest absolute Gasteiger partial charge is 0.394 e. The van der Waals surface area contributed by atoms with E-state index in [1.54, 1.807) is 6.20 Å². The van der Waals surface area contributed by atoms with E-state index in [0.29, 0.717) is 5.69 Å². The molecule has 0 aliphatic carbocycles. The molecule has 0 unspecified atom stereocenters. The molecule has 0 aliphatic heterocycles. The van der Waals surface area contributed by atoms with Gasteiger partial charge in [0.05, 0.1) is 29.6 Å². The van der Waals surface area contributed by atoms with Gasteiger partial charge in [0.1, 0.15) is 6.04 Å². The zero-order valence-electron chi connectivity index (χ0n) is 13.6. The Morgan fingerprint density at radius 2 is 2.00 bits per heavy atom. The third-order valence-electron chi connectivity index (χ3n) is 3.48. The number of nitro benzene ring substituents is 1. The van der Waals surface area contributed by atoms with E-state index in [2.05, 4.69) is 20.6 Å². The number of nitrogens with two attached hydrogens (primary N) is 1. The molecule has 2 rings (SSSR count). The highest BCUT2D eigenvalue weighted by atomic mass is 16.6. The first-order chi connectivity index (χ1) is 12.4. The number of carbonyl (C=O) groups excluding carboxylic acids is 2. The molecule has 1 heterocycles. The molecule has 0 fully saturated rings. The van der Waals surface area contributed by atoms with E-state index in [-0.39, 0.29) is 17.8 Å². The predicted molar refractivity (Wildman–Crippen MR) is 91.0 cm³/mol. The summed E-state index contributed by atoms with van der Waals surface area (Å²) in [5, 5.41) is 24.8. The van der Waals surface area contributed by atoms with Crippen LogP contribution in [0.4, 0.5) is 11.4 Å². The summed E-state index contributed by atoms with van der Waals surface area (Å²) in [5.41, 5.74) is 6.51. The van der Waals surface area contributed by atoms with E-state index in [1.807, 2.05) is 0 Å². The summed E-state index contributed by atoms with van der Waals surface area (Å²) in [7, 11) is 0. The summed E-state index contributed by atoms with van der Waals surface area (Å²) in [5.74, 6) is -1.30. The lowest BCUT2D eigenvalue weighted by atomic mass is 10.1. The Labute approximate surface area is 147 Å². The van der Waals surface area contributed by atoms with Crippen LogP contribution < -0.4 is 16.4 Å². The highest BCUT2D eigenvalue weighted by Gasteiger charge is 2.24. The predicted octanol–water partition coefficient (Wildman–Crippen LogP) is -0.696. The topological polar surface area (TPSA) is 176 Å². The number of imidazole rings is 1. The highest BCUT2D eigenvalue weighted by molar-refractivity contribution is 5.98. The van der Waals surface area contributed by atoms with Crippen molar-refractivity contribution in [1.29, 1.82) is 0 Å². The third-order valence-corrected chi connectivity index (χ3v) is 3.48. The summed E-state index contributed by atoms with van der Waals surface area (Å²) < 4.78 is 0. The van der Waals surface area contributed by atoms with Crippen LogP contribution in [0.5, 0.6) is 0 Å². The average molecular weight is 362 g/mol. The summed E-state index contributed by atoms with van der Waals surface area (Å²) in [6.07, 6.45) is 3.21. The average Bonchev–Trinajstić information content (AvgIpc) is 3.12. The van der Waals surface area contributed by atoms with Crippen LogP contribution in [-0.2, 0) is 16.0 Å². The molecule has 0 spiro atoms. The van der Waals surface area contributed by atoms with Crippen molar-refractivity contribution >= 4 is 23.2 Å². The molecule has 0 bridgehead atoms. The zero-order valence-corrected chi connectivity index (χ0v) is 13.6. The van der Waals surface area contributed by atoms with Crippen molar-refractivity contribution in [1.82, 2.24) is 15.3 Å². The van der Waals surface area contributed by atoms with Crippen molar-refractivity contribution in [2.24, 2.45) is 5.73 Å². The number of aliphatic hydroxyl groups is 1. The van der Waals surface area contributed by atoms with Crippen molar-refractivity contribution in [2.75, 3.05) is 11.9 Å². The maximum absolute atomic E-state index is 12.2. The second-order valence-electron chi connectivity index (χ2n) is 5.41. The first kappa shape index (κ1) is 19.0. The molecule has 11 heteroatoms. The lowest BCUT2D eigenvalue weighted by molar-refractivity contribution is -0.384. The molecule has 1 aromatic heterocycles. The van der Waals surface area contributed by atoms with E-state index in [0.717, 1.165) is 0 Å². The van der Waals surface area contributed by atoms with E-state index < -0.39 is 35.4 Å². The molecule has 0 saturated carbocycles. The van der Waals surface area contributed by atoms with Crippen LogP contribution in [0, 0.1) is 10.1 Å². The lowest BCUT2D eigenvalue weighted by Gasteiger charge is -2.18. The quantitative estimate of drug-likeness (QED) is 0.304. The number of aliphatic hydroxyl groups excluding tert-OH is 1. The Morgan fingerprint density at radius 3 is 2.54 bits per heavy atom. The second-order valence-corrected chi connectivity index (χ2v) is 5.41. The van der Waals surface area contributed by atoms with Gasteiger partial charge in [-0.2, -0.15) is 0 Å². The number of aromatic nitrogens is 2.